The number of hydrogen-bond donors (Lipinski definition) is 2. The highest BCUT2D eigenvalue weighted by Crippen LogP contribution is 2.24. The van der Waals surface area contributed by atoms with Gasteiger partial charge in [-0.2, -0.15) is 0 Å². The SMILES string of the molecule is Cc1ccc(S(=O)(=O)Nc2nnc(C3CCCN3)o2)cc1. The Kier molecular flexibility index (Phi) is 3.64. The van der Waals surface area contributed by atoms with Gasteiger partial charge in [0.05, 0.1) is 10.9 Å². The Bertz CT molecular complexity index is 718. The van der Waals surface area contributed by atoms with Crippen LogP contribution in [0.25, 0.3) is 0 Å². The quantitative estimate of drug-likeness (QED) is 0.890. The topological polar surface area (TPSA) is 97.1 Å². The average molecular weight is 308 g/mol. The van der Waals surface area contributed by atoms with Gasteiger partial charge in [0.25, 0.3) is 10.0 Å². The highest BCUT2D eigenvalue weighted by molar-refractivity contribution is 7.92. The van der Waals surface area contributed by atoms with Gasteiger partial charge in [-0.05, 0) is 38.4 Å². The fourth-order valence-electron chi connectivity index (χ4n) is 2.20. The Hall–Kier alpha value is -1.93. The largest absolute Gasteiger partial charge is 0.406 e. The van der Waals surface area contributed by atoms with Crippen LogP contribution in [0.3, 0.4) is 0 Å². The Morgan fingerprint density at radius 2 is 2.05 bits per heavy atom. The van der Waals surface area contributed by atoms with E-state index in [9.17, 15) is 8.42 Å². The minimum atomic E-state index is -3.71. The van der Waals surface area contributed by atoms with Gasteiger partial charge in [0.2, 0.25) is 5.89 Å². The molecule has 112 valence electrons. The van der Waals surface area contributed by atoms with Crippen LogP contribution in [-0.2, 0) is 10.0 Å². The molecule has 0 bridgehead atoms. The first-order chi connectivity index (χ1) is 10.0. The minimum absolute atomic E-state index is 0.00938. The standard InChI is InChI=1S/C13H16N4O3S/c1-9-4-6-10(7-5-9)21(18,19)17-13-16-15-12(20-13)11-3-2-8-14-11/h4-7,11,14H,2-3,8H2,1H3,(H,16,17). The van der Waals surface area contributed by atoms with Crippen molar-refractivity contribution in [3.63, 3.8) is 0 Å². The highest BCUT2D eigenvalue weighted by atomic mass is 32.2. The van der Waals surface area contributed by atoms with E-state index in [0.29, 0.717) is 5.89 Å². The molecule has 0 saturated carbocycles. The Morgan fingerprint density at radius 1 is 1.29 bits per heavy atom. The predicted molar refractivity (Wildman–Crippen MR) is 76.3 cm³/mol. The molecule has 0 spiro atoms. The predicted octanol–water partition coefficient (Wildman–Crippen LogP) is 1.60. The second-order valence-corrected chi connectivity index (χ2v) is 6.70. The third kappa shape index (κ3) is 3.06. The molecule has 2 aromatic rings. The van der Waals surface area contributed by atoms with Gasteiger partial charge in [-0.1, -0.05) is 22.8 Å². The number of aromatic nitrogens is 2. The normalized spacial score (nSPS) is 18.8. The summed E-state index contributed by atoms with van der Waals surface area (Å²) >= 11 is 0. The second kappa shape index (κ2) is 5.45. The molecular formula is C13H16N4O3S. The number of nitrogens with zero attached hydrogens (tertiary/aromatic N) is 2. The molecule has 2 N–H and O–H groups in total. The van der Waals surface area contributed by atoms with Gasteiger partial charge in [-0.3, -0.25) is 0 Å². The zero-order valence-electron chi connectivity index (χ0n) is 11.5. The van der Waals surface area contributed by atoms with Crippen molar-refractivity contribution in [3.05, 3.63) is 35.7 Å². The zero-order valence-corrected chi connectivity index (χ0v) is 12.4. The second-order valence-electron chi connectivity index (χ2n) is 5.01. The van der Waals surface area contributed by atoms with E-state index >= 15 is 0 Å². The van der Waals surface area contributed by atoms with Gasteiger partial charge in [-0.25, -0.2) is 13.1 Å². The molecule has 0 amide bonds. The highest BCUT2D eigenvalue weighted by Gasteiger charge is 2.24. The fourth-order valence-corrected chi connectivity index (χ4v) is 3.13. The van der Waals surface area contributed by atoms with E-state index in [1.54, 1.807) is 12.1 Å². The Morgan fingerprint density at radius 3 is 2.71 bits per heavy atom. The molecule has 1 aliphatic heterocycles. The van der Waals surface area contributed by atoms with Crippen molar-refractivity contribution >= 4 is 16.0 Å². The average Bonchev–Trinajstić information content (AvgIpc) is 3.09. The molecule has 1 unspecified atom stereocenters. The van der Waals surface area contributed by atoms with Gasteiger partial charge in [0.15, 0.2) is 0 Å². The summed E-state index contributed by atoms with van der Waals surface area (Å²) in [5.41, 5.74) is 0.987. The van der Waals surface area contributed by atoms with E-state index < -0.39 is 10.0 Å². The van der Waals surface area contributed by atoms with Crippen LogP contribution in [-0.4, -0.2) is 25.2 Å². The van der Waals surface area contributed by atoms with Crippen LogP contribution in [0.2, 0.25) is 0 Å². The van der Waals surface area contributed by atoms with Crippen molar-refractivity contribution in [3.8, 4) is 0 Å². The van der Waals surface area contributed by atoms with Crippen molar-refractivity contribution in [1.29, 1.82) is 0 Å². The summed E-state index contributed by atoms with van der Waals surface area (Å²) in [7, 11) is -3.71. The molecule has 21 heavy (non-hydrogen) atoms. The van der Waals surface area contributed by atoms with Crippen LogP contribution in [0, 0.1) is 6.92 Å². The summed E-state index contributed by atoms with van der Waals surface area (Å²) in [6.07, 6.45) is 1.95. The van der Waals surface area contributed by atoms with E-state index in [4.69, 9.17) is 4.42 Å². The number of rotatable bonds is 4. The summed E-state index contributed by atoms with van der Waals surface area (Å²) < 4.78 is 32.1. The molecule has 1 saturated heterocycles. The molecule has 1 aromatic heterocycles. The number of hydrogen-bond acceptors (Lipinski definition) is 6. The summed E-state index contributed by atoms with van der Waals surface area (Å²) in [5, 5.41) is 10.8. The minimum Gasteiger partial charge on any atom is -0.406 e. The van der Waals surface area contributed by atoms with E-state index in [1.807, 2.05) is 6.92 Å². The molecule has 0 aliphatic carbocycles. The van der Waals surface area contributed by atoms with E-state index in [0.717, 1.165) is 24.9 Å². The molecule has 1 fully saturated rings. The Labute approximate surface area is 122 Å². The van der Waals surface area contributed by atoms with Crippen molar-refractivity contribution in [2.24, 2.45) is 0 Å². The van der Waals surface area contributed by atoms with Crippen molar-refractivity contribution in [1.82, 2.24) is 15.5 Å². The molecular weight excluding hydrogens is 292 g/mol. The number of benzene rings is 1. The van der Waals surface area contributed by atoms with Gasteiger partial charge >= 0.3 is 6.01 Å². The molecule has 7 nitrogen and oxygen atoms in total. The number of nitrogens with one attached hydrogen (secondary N) is 2. The molecule has 1 atom stereocenters. The van der Waals surface area contributed by atoms with Gasteiger partial charge in [0, 0.05) is 0 Å². The monoisotopic (exact) mass is 308 g/mol. The summed E-state index contributed by atoms with van der Waals surface area (Å²) in [6, 6.07) is 6.43. The van der Waals surface area contributed by atoms with Crippen LogP contribution in [0.5, 0.6) is 0 Å². The van der Waals surface area contributed by atoms with Crippen molar-refractivity contribution in [2.45, 2.75) is 30.7 Å². The molecule has 1 aliphatic rings. The van der Waals surface area contributed by atoms with Crippen LogP contribution in [0.1, 0.15) is 30.3 Å². The number of anilines is 1. The summed E-state index contributed by atoms with van der Waals surface area (Å²) in [4.78, 5) is 0.159. The third-order valence-electron chi connectivity index (χ3n) is 3.35. The van der Waals surface area contributed by atoms with Crippen LogP contribution in [0.4, 0.5) is 6.01 Å². The lowest BCUT2D eigenvalue weighted by Crippen LogP contribution is -2.13. The van der Waals surface area contributed by atoms with Gasteiger partial charge in [-0.15, -0.1) is 5.10 Å². The maximum atomic E-state index is 12.2. The van der Waals surface area contributed by atoms with Gasteiger partial charge < -0.3 is 9.73 Å². The van der Waals surface area contributed by atoms with Crippen LogP contribution < -0.4 is 10.0 Å². The maximum Gasteiger partial charge on any atom is 0.329 e. The first-order valence-electron chi connectivity index (χ1n) is 6.71. The lowest BCUT2D eigenvalue weighted by Gasteiger charge is -2.05. The van der Waals surface area contributed by atoms with E-state index in [2.05, 4.69) is 20.2 Å². The first kappa shape index (κ1) is 14.0. The fraction of sp³-hybridized carbons (Fsp3) is 0.385. The lowest BCUT2D eigenvalue weighted by atomic mass is 10.2. The maximum absolute atomic E-state index is 12.2. The molecule has 8 heteroatoms. The van der Waals surface area contributed by atoms with Gasteiger partial charge in [0.1, 0.15) is 0 Å². The number of aryl methyl sites for hydroxylation is 1. The summed E-state index contributed by atoms with van der Waals surface area (Å²) in [5.74, 6) is 0.411. The molecule has 1 aromatic carbocycles. The molecule has 3 rings (SSSR count). The lowest BCUT2D eigenvalue weighted by molar-refractivity contribution is 0.439. The first-order valence-corrected chi connectivity index (χ1v) is 8.19. The van der Waals surface area contributed by atoms with E-state index in [1.165, 1.54) is 12.1 Å². The summed E-state index contributed by atoms with van der Waals surface area (Å²) in [6.45, 7) is 2.79. The Balaban J connectivity index is 1.77. The van der Waals surface area contributed by atoms with Crippen molar-refractivity contribution < 1.29 is 12.8 Å². The number of sulfonamides is 1. The molecule has 2 heterocycles. The van der Waals surface area contributed by atoms with Crippen LogP contribution in [0.15, 0.2) is 33.6 Å². The zero-order chi connectivity index (χ0) is 14.9. The van der Waals surface area contributed by atoms with Crippen molar-refractivity contribution in [2.75, 3.05) is 11.3 Å². The van der Waals surface area contributed by atoms with Crippen LogP contribution >= 0.6 is 0 Å². The third-order valence-corrected chi connectivity index (χ3v) is 4.69. The van der Waals surface area contributed by atoms with E-state index in [-0.39, 0.29) is 17.0 Å². The molecule has 0 radical (unpaired) electrons. The smallest absolute Gasteiger partial charge is 0.329 e.